The summed E-state index contributed by atoms with van der Waals surface area (Å²) in [5.74, 6) is -0.405. The van der Waals surface area contributed by atoms with Crippen LogP contribution in [0.2, 0.25) is 0 Å². The normalized spacial score (nSPS) is 23.3. The number of carbonyl (C=O) groups is 1. The van der Waals surface area contributed by atoms with Gasteiger partial charge in [0.25, 0.3) is 0 Å². The lowest BCUT2D eigenvalue weighted by atomic mass is 9.85. The molecule has 112 valence electrons. The maximum atomic E-state index is 12.0. The Morgan fingerprint density at radius 1 is 1.53 bits per heavy atom. The lowest BCUT2D eigenvalue weighted by Gasteiger charge is -2.35. The van der Waals surface area contributed by atoms with E-state index in [1.807, 2.05) is 11.8 Å². The first-order valence-electron chi connectivity index (χ1n) is 6.43. The zero-order valence-corrected chi connectivity index (χ0v) is 11.8. The number of hydrogen-bond donors (Lipinski definition) is 1. The highest BCUT2D eigenvalue weighted by atomic mass is 32.2. The molecule has 1 fully saturated rings. The highest BCUT2D eigenvalue weighted by Gasteiger charge is 2.29. The summed E-state index contributed by atoms with van der Waals surface area (Å²) in [7, 11) is 0. The summed E-state index contributed by atoms with van der Waals surface area (Å²) < 4.78 is 36.1. The number of hydrogen-bond acceptors (Lipinski definition) is 3. The van der Waals surface area contributed by atoms with Crippen molar-refractivity contribution in [3.8, 4) is 0 Å². The predicted octanol–water partition coefficient (Wildman–Crippen LogP) is 3.06. The Morgan fingerprint density at radius 3 is 2.79 bits per heavy atom. The number of aliphatic carboxylic acids is 1. The summed E-state index contributed by atoms with van der Waals surface area (Å²) in [6.45, 7) is 3.86. The molecule has 2 unspecified atom stereocenters. The van der Waals surface area contributed by atoms with Gasteiger partial charge < -0.3 is 10.0 Å². The summed E-state index contributed by atoms with van der Waals surface area (Å²) in [5.41, 5.74) is -4.16. The molecule has 0 spiro atoms. The lowest BCUT2D eigenvalue weighted by molar-refractivity contribution is -0.138. The molecule has 0 saturated carbocycles. The van der Waals surface area contributed by atoms with Crippen molar-refractivity contribution < 1.29 is 23.1 Å². The number of carboxylic acid groups (broad SMARTS) is 1. The lowest BCUT2D eigenvalue weighted by Crippen LogP contribution is -2.39. The van der Waals surface area contributed by atoms with Gasteiger partial charge in [0.05, 0.1) is 0 Å². The average molecular weight is 299 g/mol. The number of alkyl halides is 3. The molecule has 3 nitrogen and oxygen atoms in total. The molecule has 19 heavy (non-hydrogen) atoms. The van der Waals surface area contributed by atoms with E-state index in [1.165, 1.54) is 0 Å². The smallest absolute Gasteiger partial charge is 0.441 e. The fraction of sp³-hybridized carbons (Fsp3) is 0.917. The first-order chi connectivity index (χ1) is 8.78. The van der Waals surface area contributed by atoms with Crippen molar-refractivity contribution in [2.75, 3.05) is 25.4 Å². The number of nitrogens with zero attached hydrogens (tertiary/aromatic N) is 1. The van der Waals surface area contributed by atoms with E-state index in [0.717, 1.165) is 19.4 Å². The number of rotatable bonds is 6. The molecule has 0 aromatic heterocycles. The van der Waals surface area contributed by atoms with Gasteiger partial charge >= 0.3 is 11.5 Å². The Labute approximate surface area is 115 Å². The molecule has 0 radical (unpaired) electrons. The van der Waals surface area contributed by atoms with Crippen molar-refractivity contribution in [3.05, 3.63) is 0 Å². The SMILES string of the molecule is CC(CC(=O)O)C1CCCN(CCSC(F)(F)F)C1. The zero-order valence-electron chi connectivity index (χ0n) is 10.9. The molecule has 1 aliphatic heterocycles. The predicted molar refractivity (Wildman–Crippen MR) is 69.1 cm³/mol. The summed E-state index contributed by atoms with van der Waals surface area (Å²) in [6, 6.07) is 0. The minimum atomic E-state index is -4.16. The van der Waals surface area contributed by atoms with Gasteiger partial charge in [-0.15, -0.1) is 0 Å². The molecule has 1 N–H and O–H groups in total. The molecular weight excluding hydrogens is 279 g/mol. The fourth-order valence-corrected chi connectivity index (χ4v) is 3.07. The molecule has 1 aliphatic rings. The van der Waals surface area contributed by atoms with E-state index >= 15 is 0 Å². The largest absolute Gasteiger partial charge is 0.481 e. The van der Waals surface area contributed by atoms with Gasteiger partial charge in [-0.2, -0.15) is 13.2 Å². The van der Waals surface area contributed by atoms with Gasteiger partial charge in [-0.05, 0) is 43.0 Å². The van der Waals surface area contributed by atoms with Crippen LogP contribution in [0.25, 0.3) is 0 Å². The van der Waals surface area contributed by atoms with Crippen molar-refractivity contribution in [1.82, 2.24) is 4.90 Å². The highest BCUT2D eigenvalue weighted by Crippen LogP contribution is 2.31. The summed E-state index contributed by atoms with van der Waals surface area (Å²) in [6.07, 6.45) is 2.04. The molecule has 7 heteroatoms. The maximum Gasteiger partial charge on any atom is 0.441 e. The van der Waals surface area contributed by atoms with Crippen LogP contribution in [0.1, 0.15) is 26.2 Å². The van der Waals surface area contributed by atoms with E-state index < -0.39 is 11.5 Å². The van der Waals surface area contributed by atoms with Gasteiger partial charge in [0, 0.05) is 25.3 Å². The van der Waals surface area contributed by atoms with Gasteiger partial charge in [-0.25, -0.2) is 0 Å². The van der Waals surface area contributed by atoms with Crippen molar-refractivity contribution in [2.24, 2.45) is 11.8 Å². The minimum Gasteiger partial charge on any atom is -0.481 e. The quantitative estimate of drug-likeness (QED) is 0.818. The van der Waals surface area contributed by atoms with Gasteiger partial charge in [0.1, 0.15) is 0 Å². The van der Waals surface area contributed by atoms with Gasteiger partial charge in [-0.1, -0.05) is 6.92 Å². The van der Waals surface area contributed by atoms with Crippen LogP contribution in [0.4, 0.5) is 13.2 Å². The summed E-state index contributed by atoms with van der Waals surface area (Å²) in [5, 5.41) is 8.77. The Morgan fingerprint density at radius 2 is 2.21 bits per heavy atom. The van der Waals surface area contributed by atoms with Crippen molar-refractivity contribution in [3.63, 3.8) is 0 Å². The number of likely N-dealkylation sites (tertiary alicyclic amines) is 1. The number of carboxylic acids is 1. The van der Waals surface area contributed by atoms with Crippen LogP contribution in [0.5, 0.6) is 0 Å². The third-order valence-corrected chi connectivity index (χ3v) is 4.23. The topological polar surface area (TPSA) is 40.5 Å². The number of thioether (sulfide) groups is 1. The van der Waals surface area contributed by atoms with Crippen molar-refractivity contribution in [2.45, 2.75) is 31.7 Å². The summed E-state index contributed by atoms with van der Waals surface area (Å²) >= 11 is 0.0117. The Hall–Kier alpha value is -0.430. The highest BCUT2D eigenvalue weighted by molar-refractivity contribution is 8.00. The van der Waals surface area contributed by atoms with E-state index in [9.17, 15) is 18.0 Å². The van der Waals surface area contributed by atoms with E-state index in [4.69, 9.17) is 5.11 Å². The average Bonchev–Trinajstić information content (AvgIpc) is 2.26. The Kier molecular flexibility index (Phi) is 6.46. The van der Waals surface area contributed by atoms with Crippen LogP contribution in [0, 0.1) is 11.8 Å². The Balaban J connectivity index is 2.31. The zero-order chi connectivity index (χ0) is 14.5. The maximum absolute atomic E-state index is 12.0. The molecule has 1 heterocycles. The Bertz CT molecular complexity index is 299. The fourth-order valence-electron chi connectivity index (χ4n) is 2.49. The van der Waals surface area contributed by atoms with Gasteiger partial charge in [0.2, 0.25) is 0 Å². The third kappa shape index (κ3) is 7.06. The monoisotopic (exact) mass is 299 g/mol. The molecule has 1 rings (SSSR count). The molecular formula is C12H20F3NO2S. The molecule has 0 aliphatic carbocycles. The van der Waals surface area contributed by atoms with Crippen LogP contribution < -0.4 is 0 Å². The standard InChI is InChI=1S/C12H20F3NO2S/c1-9(7-11(17)18)10-3-2-4-16(8-10)5-6-19-12(13,14)15/h9-10H,2-8H2,1H3,(H,17,18). The van der Waals surface area contributed by atoms with E-state index in [-0.39, 0.29) is 35.8 Å². The van der Waals surface area contributed by atoms with E-state index in [1.54, 1.807) is 0 Å². The van der Waals surface area contributed by atoms with Crippen LogP contribution in [-0.2, 0) is 4.79 Å². The van der Waals surface area contributed by atoms with Crippen molar-refractivity contribution in [1.29, 1.82) is 0 Å². The molecule has 0 aromatic carbocycles. The third-order valence-electron chi connectivity index (χ3n) is 3.52. The first-order valence-corrected chi connectivity index (χ1v) is 7.41. The summed E-state index contributed by atoms with van der Waals surface area (Å²) in [4.78, 5) is 12.7. The molecule has 0 amide bonds. The van der Waals surface area contributed by atoms with Gasteiger partial charge in [-0.3, -0.25) is 4.79 Å². The van der Waals surface area contributed by atoms with Crippen LogP contribution in [0.15, 0.2) is 0 Å². The number of halogens is 3. The number of piperidine rings is 1. The molecule has 1 saturated heterocycles. The van der Waals surface area contributed by atoms with E-state index in [2.05, 4.69) is 0 Å². The second-order valence-corrected chi connectivity index (χ2v) is 6.23. The van der Waals surface area contributed by atoms with Crippen LogP contribution >= 0.6 is 11.8 Å². The van der Waals surface area contributed by atoms with Crippen LogP contribution in [-0.4, -0.2) is 46.9 Å². The molecule has 2 atom stereocenters. The van der Waals surface area contributed by atoms with Gasteiger partial charge in [0.15, 0.2) is 0 Å². The van der Waals surface area contributed by atoms with Crippen LogP contribution in [0.3, 0.4) is 0 Å². The first kappa shape index (κ1) is 16.6. The van der Waals surface area contributed by atoms with Crippen molar-refractivity contribution >= 4 is 17.7 Å². The second kappa shape index (κ2) is 7.38. The molecule has 0 aromatic rings. The second-order valence-electron chi connectivity index (χ2n) is 5.07. The van der Waals surface area contributed by atoms with E-state index in [0.29, 0.717) is 13.1 Å². The molecule has 0 bridgehead atoms. The minimum absolute atomic E-state index is 0.0117.